The van der Waals surface area contributed by atoms with Gasteiger partial charge in [-0.2, -0.15) is 0 Å². The molecular formula is C20H30N6O2S. The molecule has 5 N–H and O–H groups in total. The van der Waals surface area contributed by atoms with Crippen molar-refractivity contribution in [1.82, 2.24) is 10.4 Å². The molecule has 0 aliphatic rings. The number of hydrazine groups is 1. The van der Waals surface area contributed by atoms with E-state index in [0.29, 0.717) is 17.3 Å². The van der Waals surface area contributed by atoms with Crippen LogP contribution < -0.4 is 21.1 Å². The summed E-state index contributed by atoms with van der Waals surface area (Å²) < 4.78 is 0. The second-order valence-electron chi connectivity index (χ2n) is 7.11. The highest BCUT2D eigenvalue weighted by Crippen LogP contribution is 2.29. The molecule has 9 heteroatoms. The molecule has 2 amide bonds. The molecule has 0 atom stereocenters. The number of carbonyl (C=O) groups excluding carboxylic acids is 1. The Morgan fingerprint density at radius 2 is 2.03 bits per heavy atom. The third-order valence-corrected chi connectivity index (χ3v) is 5.58. The lowest BCUT2D eigenvalue weighted by atomic mass is 9.95. The molecule has 2 aromatic heterocycles. The van der Waals surface area contributed by atoms with Crippen LogP contribution in [0.3, 0.4) is 0 Å². The number of hydrogen-bond donors (Lipinski definition) is 5. The smallest absolute Gasteiger partial charge is 0.338 e. The fourth-order valence-corrected chi connectivity index (χ4v) is 3.87. The molecule has 0 bridgehead atoms. The molecule has 0 aromatic carbocycles. The van der Waals surface area contributed by atoms with Crippen molar-refractivity contribution in [3.63, 3.8) is 0 Å². The molecule has 8 nitrogen and oxygen atoms in total. The highest BCUT2D eigenvalue weighted by molar-refractivity contribution is 7.16. The molecule has 0 saturated heterocycles. The average Bonchev–Trinajstić information content (AvgIpc) is 2.96. The second kappa shape index (κ2) is 9.71. The van der Waals surface area contributed by atoms with Gasteiger partial charge in [0, 0.05) is 23.2 Å². The van der Waals surface area contributed by atoms with Crippen LogP contribution in [0.15, 0.2) is 12.1 Å². The number of amides is 2. The van der Waals surface area contributed by atoms with Gasteiger partial charge in [-0.15, -0.1) is 11.3 Å². The minimum Gasteiger partial charge on any atom is -0.394 e. The molecule has 0 aliphatic heterocycles. The van der Waals surface area contributed by atoms with E-state index in [0.717, 1.165) is 26.6 Å². The number of pyridine rings is 1. The van der Waals surface area contributed by atoms with Gasteiger partial charge in [0.1, 0.15) is 11.6 Å². The van der Waals surface area contributed by atoms with Gasteiger partial charge in [-0.3, -0.25) is 10.3 Å². The van der Waals surface area contributed by atoms with E-state index >= 15 is 0 Å². The van der Waals surface area contributed by atoms with E-state index in [4.69, 9.17) is 5.41 Å². The first kappa shape index (κ1) is 22.6. The highest BCUT2D eigenvalue weighted by atomic mass is 32.1. The van der Waals surface area contributed by atoms with Crippen molar-refractivity contribution < 1.29 is 9.90 Å². The SMILES string of the molecule is CNc1nc(N(CCO)NC(=O)Nc2cc(C)c(C)s2)cc(C(C)C)c1C(C)=N. The number of carbonyl (C=O) groups is 1. The van der Waals surface area contributed by atoms with E-state index in [-0.39, 0.29) is 19.1 Å². The third kappa shape index (κ3) is 5.45. The van der Waals surface area contributed by atoms with Gasteiger partial charge in [-0.25, -0.2) is 15.2 Å². The fourth-order valence-electron chi connectivity index (χ4n) is 2.94. The second-order valence-corrected chi connectivity index (χ2v) is 8.37. The Balaban J connectivity index is 2.34. The summed E-state index contributed by atoms with van der Waals surface area (Å²) in [5, 5.41) is 25.8. The summed E-state index contributed by atoms with van der Waals surface area (Å²) in [6.45, 7) is 9.83. The van der Waals surface area contributed by atoms with Gasteiger partial charge in [0.15, 0.2) is 0 Å². The molecule has 0 radical (unpaired) electrons. The first-order chi connectivity index (χ1) is 13.7. The number of aryl methyl sites for hydroxylation is 2. The number of aliphatic hydroxyl groups is 1. The zero-order valence-corrected chi connectivity index (χ0v) is 18.6. The van der Waals surface area contributed by atoms with Crippen molar-refractivity contribution in [2.24, 2.45) is 0 Å². The maximum absolute atomic E-state index is 12.5. The van der Waals surface area contributed by atoms with Crippen molar-refractivity contribution in [2.45, 2.75) is 40.5 Å². The van der Waals surface area contributed by atoms with Gasteiger partial charge in [0.05, 0.1) is 18.2 Å². The van der Waals surface area contributed by atoms with E-state index in [1.165, 1.54) is 16.3 Å². The summed E-state index contributed by atoms with van der Waals surface area (Å²) in [6, 6.07) is 3.37. The van der Waals surface area contributed by atoms with Crippen LogP contribution in [-0.4, -0.2) is 42.0 Å². The highest BCUT2D eigenvalue weighted by Gasteiger charge is 2.20. The molecule has 158 valence electrons. The molecule has 0 unspecified atom stereocenters. The van der Waals surface area contributed by atoms with Crippen molar-refractivity contribution in [2.75, 3.05) is 35.8 Å². The number of nitrogens with one attached hydrogen (secondary N) is 4. The number of nitrogens with zero attached hydrogens (tertiary/aromatic N) is 2. The molecule has 2 rings (SSSR count). The molecule has 2 aromatic rings. The molecule has 0 saturated carbocycles. The number of urea groups is 1. The Bertz CT molecular complexity index is 874. The van der Waals surface area contributed by atoms with Crippen LogP contribution in [0, 0.1) is 19.3 Å². The van der Waals surface area contributed by atoms with Crippen LogP contribution in [0.25, 0.3) is 0 Å². The molecule has 0 spiro atoms. The Hall–Kier alpha value is -2.65. The topological polar surface area (TPSA) is 113 Å². The number of rotatable bonds is 8. The quantitative estimate of drug-likeness (QED) is 0.330. The maximum atomic E-state index is 12.5. The third-order valence-electron chi connectivity index (χ3n) is 4.51. The molecule has 2 heterocycles. The first-order valence-corrected chi connectivity index (χ1v) is 10.3. The van der Waals surface area contributed by atoms with Crippen LogP contribution in [0.5, 0.6) is 0 Å². The molecular weight excluding hydrogens is 388 g/mol. The fraction of sp³-hybridized carbons (Fsp3) is 0.450. The summed E-state index contributed by atoms with van der Waals surface area (Å²) in [5.74, 6) is 1.21. The van der Waals surface area contributed by atoms with E-state index in [2.05, 4.69) is 21.0 Å². The Morgan fingerprint density at radius 3 is 2.52 bits per heavy atom. The monoisotopic (exact) mass is 418 g/mol. The minimum absolute atomic E-state index is 0.154. The number of hydrogen-bond acceptors (Lipinski definition) is 7. The number of aromatic nitrogens is 1. The first-order valence-electron chi connectivity index (χ1n) is 9.49. The predicted molar refractivity (Wildman–Crippen MR) is 121 cm³/mol. The number of aliphatic hydroxyl groups excluding tert-OH is 1. The largest absolute Gasteiger partial charge is 0.394 e. The standard InChI is InChI=1S/C20H30N6O2S/c1-11(2)15-10-16(23-19(22-6)18(15)13(4)21)26(7-8-27)25-20(28)24-17-9-12(3)14(5)29-17/h9-11,21,27H,7-8H2,1-6H3,(H,22,23)(H2,24,25,28). The van der Waals surface area contributed by atoms with Gasteiger partial charge in [-0.1, -0.05) is 13.8 Å². The summed E-state index contributed by atoms with van der Waals surface area (Å²) in [7, 11) is 1.75. The number of thiophene rings is 1. The van der Waals surface area contributed by atoms with Crippen molar-refractivity contribution in [3.05, 3.63) is 33.7 Å². The number of anilines is 3. The van der Waals surface area contributed by atoms with Crippen LogP contribution in [0.1, 0.15) is 48.3 Å². The predicted octanol–water partition coefficient (Wildman–Crippen LogP) is 3.85. The summed E-state index contributed by atoms with van der Waals surface area (Å²) in [6.07, 6.45) is 0. The van der Waals surface area contributed by atoms with Gasteiger partial charge in [-0.05, 0) is 49.9 Å². The van der Waals surface area contributed by atoms with Crippen LogP contribution in [0.4, 0.5) is 21.4 Å². The van der Waals surface area contributed by atoms with Gasteiger partial charge < -0.3 is 15.8 Å². The Kier molecular flexibility index (Phi) is 7.58. The normalized spacial score (nSPS) is 10.8. The lowest BCUT2D eigenvalue weighted by molar-refractivity contribution is 0.248. The van der Waals surface area contributed by atoms with Crippen molar-refractivity contribution in [1.29, 1.82) is 5.41 Å². The Morgan fingerprint density at radius 1 is 1.34 bits per heavy atom. The molecule has 29 heavy (non-hydrogen) atoms. The van der Waals surface area contributed by atoms with Crippen molar-refractivity contribution in [3.8, 4) is 0 Å². The molecule has 0 fully saturated rings. The summed E-state index contributed by atoms with van der Waals surface area (Å²) >= 11 is 1.51. The van der Waals surface area contributed by atoms with Gasteiger partial charge in [0.25, 0.3) is 0 Å². The van der Waals surface area contributed by atoms with Gasteiger partial charge in [0.2, 0.25) is 0 Å². The van der Waals surface area contributed by atoms with E-state index in [1.54, 1.807) is 14.0 Å². The Labute approximate surface area is 175 Å². The van der Waals surface area contributed by atoms with Crippen LogP contribution >= 0.6 is 11.3 Å². The summed E-state index contributed by atoms with van der Waals surface area (Å²) in [5.41, 5.74) is 6.00. The van der Waals surface area contributed by atoms with E-state index in [9.17, 15) is 9.90 Å². The maximum Gasteiger partial charge on any atom is 0.338 e. The zero-order chi connectivity index (χ0) is 21.7. The van der Waals surface area contributed by atoms with E-state index in [1.807, 2.05) is 39.8 Å². The minimum atomic E-state index is -0.411. The van der Waals surface area contributed by atoms with E-state index < -0.39 is 6.03 Å². The average molecular weight is 419 g/mol. The van der Waals surface area contributed by atoms with Crippen LogP contribution in [-0.2, 0) is 0 Å². The lowest BCUT2D eigenvalue weighted by Crippen LogP contribution is -2.46. The van der Waals surface area contributed by atoms with Gasteiger partial charge >= 0.3 is 6.03 Å². The lowest BCUT2D eigenvalue weighted by Gasteiger charge is -2.26. The van der Waals surface area contributed by atoms with Crippen LogP contribution in [0.2, 0.25) is 0 Å². The summed E-state index contributed by atoms with van der Waals surface area (Å²) in [4.78, 5) is 18.2. The molecule has 0 aliphatic carbocycles. The zero-order valence-electron chi connectivity index (χ0n) is 17.8. The van der Waals surface area contributed by atoms with Crippen molar-refractivity contribution >= 4 is 39.7 Å².